The van der Waals surface area contributed by atoms with E-state index in [4.69, 9.17) is 19.1 Å². The minimum absolute atomic E-state index is 0.0697. The summed E-state index contributed by atoms with van der Waals surface area (Å²) in [5, 5.41) is 8.70. The van der Waals surface area contributed by atoms with Crippen molar-refractivity contribution < 1.29 is 14.0 Å². The number of fused-ring (bicyclic) bond motifs is 1. The summed E-state index contributed by atoms with van der Waals surface area (Å²) in [4.78, 5) is 0. The van der Waals surface area contributed by atoms with Gasteiger partial charge in [-0.2, -0.15) is 5.10 Å². The molecule has 0 aromatic carbocycles. The first-order valence-electron chi connectivity index (χ1n) is 8.38. The Balaban J connectivity index is 1.39. The Labute approximate surface area is 135 Å². The molecule has 2 aromatic rings. The SMILES string of the molecule is Cc1noc(C)c1COCC1OCCc2cn(CC3CC3)nc21. The molecular formula is C17H23N3O3. The first-order valence-corrected chi connectivity index (χ1v) is 8.38. The Kier molecular flexibility index (Phi) is 3.95. The minimum Gasteiger partial charge on any atom is -0.373 e. The predicted molar refractivity (Wildman–Crippen MR) is 83.0 cm³/mol. The second-order valence-corrected chi connectivity index (χ2v) is 6.63. The molecule has 1 aliphatic heterocycles. The van der Waals surface area contributed by atoms with Gasteiger partial charge in [0.1, 0.15) is 11.9 Å². The summed E-state index contributed by atoms with van der Waals surface area (Å²) in [6.45, 7) is 6.63. The number of hydrogen-bond acceptors (Lipinski definition) is 5. The molecule has 3 heterocycles. The molecule has 1 saturated carbocycles. The van der Waals surface area contributed by atoms with Crippen LogP contribution in [0.4, 0.5) is 0 Å². The monoisotopic (exact) mass is 317 g/mol. The molecule has 0 N–H and O–H groups in total. The second-order valence-electron chi connectivity index (χ2n) is 6.63. The number of hydrogen-bond donors (Lipinski definition) is 0. The molecule has 1 aliphatic carbocycles. The van der Waals surface area contributed by atoms with E-state index in [-0.39, 0.29) is 6.10 Å². The van der Waals surface area contributed by atoms with Crippen molar-refractivity contribution in [1.29, 1.82) is 0 Å². The summed E-state index contributed by atoms with van der Waals surface area (Å²) in [5.74, 6) is 1.65. The van der Waals surface area contributed by atoms with Gasteiger partial charge in [0, 0.05) is 18.3 Å². The number of rotatable bonds is 6. The fourth-order valence-corrected chi connectivity index (χ4v) is 3.09. The highest BCUT2D eigenvalue weighted by Crippen LogP contribution is 2.32. The third-order valence-electron chi connectivity index (χ3n) is 4.70. The van der Waals surface area contributed by atoms with Crippen molar-refractivity contribution in [3.63, 3.8) is 0 Å². The highest BCUT2D eigenvalue weighted by Gasteiger charge is 2.27. The van der Waals surface area contributed by atoms with Crippen LogP contribution in [0.15, 0.2) is 10.7 Å². The zero-order valence-corrected chi connectivity index (χ0v) is 13.7. The quantitative estimate of drug-likeness (QED) is 0.820. The fourth-order valence-electron chi connectivity index (χ4n) is 3.09. The van der Waals surface area contributed by atoms with Crippen LogP contribution in [0.25, 0.3) is 0 Å². The van der Waals surface area contributed by atoms with E-state index in [0.717, 1.165) is 48.2 Å². The van der Waals surface area contributed by atoms with Crippen molar-refractivity contribution >= 4 is 0 Å². The van der Waals surface area contributed by atoms with E-state index in [0.29, 0.717) is 13.2 Å². The molecule has 0 bridgehead atoms. The third kappa shape index (κ3) is 3.19. The van der Waals surface area contributed by atoms with Gasteiger partial charge in [-0.05, 0) is 44.6 Å². The summed E-state index contributed by atoms with van der Waals surface area (Å²) in [6.07, 6.45) is 5.74. The van der Waals surface area contributed by atoms with E-state index in [2.05, 4.69) is 16.0 Å². The summed E-state index contributed by atoms with van der Waals surface area (Å²) < 4.78 is 19.0. The van der Waals surface area contributed by atoms with Gasteiger partial charge in [-0.25, -0.2) is 0 Å². The highest BCUT2D eigenvalue weighted by molar-refractivity contribution is 5.22. The smallest absolute Gasteiger partial charge is 0.139 e. The average Bonchev–Trinajstić information content (AvgIpc) is 3.16. The molecule has 2 aromatic heterocycles. The normalized spacial score (nSPS) is 20.7. The van der Waals surface area contributed by atoms with Crippen molar-refractivity contribution in [2.75, 3.05) is 13.2 Å². The molecule has 0 spiro atoms. The number of nitrogens with zero attached hydrogens (tertiary/aromatic N) is 3. The van der Waals surface area contributed by atoms with Gasteiger partial charge < -0.3 is 14.0 Å². The minimum atomic E-state index is -0.0697. The zero-order chi connectivity index (χ0) is 15.8. The lowest BCUT2D eigenvalue weighted by molar-refractivity contribution is -0.0323. The molecule has 6 heteroatoms. The Morgan fingerprint density at radius 1 is 1.35 bits per heavy atom. The maximum absolute atomic E-state index is 5.88. The van der Waals surface area contributed by atoms with Crippen LogP contribution in [0.2, 0.25) is 0 Å². The van der Waals surface area contributed by atoms with E-state index in [1.165, 1.54) is 18.4 Å². The van der Waals surface area contributed by atoms with Crippen molar-refractivity contribution in [2.24, 2.45) is 5.92 Å². The van der Waals surface area contributed by atoms with Crippen LogP contribution < -0.4 is 0 Å². The highest BCUT2D eigenvalue weighted by atomic mass is 16.5. The molecule has 1 unspecified atom stereocenters. The van der Waals surface area contributed by atoms with Crippen LogP contribution in [-0.2, 0) is 29.0 Å². The Bertz CT molecular complexity index is 668. The molecule has 0 amide bonds. The van der Waals surface area contributed by atoms with Crippen LogP contribution in [0.5, 0.6) is 0 Å². The second kappa shape index (κ2) is 6.09. The van der Waals surface area contributed by atoms with Crippen LogP contribution >= 0.6 is 0 Å². The van der Waals surface area contributed by atoms with Gasteiger partial charge in [-0.3, -0.25) is 4.68 Å². The van der Waals surface area contributed by atoms with Crippen molar-refractivity contribution in [1.82, 2.24) is 14.9 Å². The van der Waals surface area contributed by atoms with Crippen molar-refractivity contribution in [2.45, 2.75) is 52.4 Å². The Morgan fingerprint density at radius 3 is 2.96 bits per heavy atom. The Hall–Kier alpha value is -1.66. The summed E-state index contributed by atoms with van der Waals surface area (Å²) >= 11 is 0. The van der Waals surface area contributed by atoms with Gasteiger partial charge in [0.05, 0.1) is 31.2 Å². The van der Waals surface area contributed by atoms with Gasteiger partial charge in [0.2, 0.25) is 0 Å². The molecular weight excluding hydrogens is 294 g/mol. The molecule has 6 nitrogen and oxygen atoms in total. The van der Waals surface area contributed by atoms with E-state index in [9.17, 15) is 0 Å². The molecule has 4 rings (SSSR count). The maximum Gasteiger partial charge on any atom is 0.139 e. The molecule has 124 valence electrons. The molecule has 0 saturated heterocycles. The van der Waals surface area contributed by atoms with Crippen LogP contribution in [0, 0.1) is 19.8 Å². The summed E-state index contributed by atoms with van der Waals surface area (Å²) in [6, 6.07) is 0. The van der Waals surface area contributed by atoms with Gasteiger partial charge in [0.15, 0.2) is 0 Å². The lowest BCUT2D eigenvalue weighted by Crippen LogP contribution is -2.20. The fraction of sp³-hybridized carbons (Fsp3) is 0.647. The molecule has 1 atom stereocenters. The van der Waals surface area contributed by atoms with Crippen LogP contribution in [0.1, 0.15) is 47.2 Å². The standard InChI is InChI=1S/C17H23N3O3/c1-11-15(12(2)23-19-11)9-21-10-16-17-14(5-6-22-16)8-20(18-17)7-13-3-4-13/h8,13,16H,3-7,9-10H2,1-2H3. The van der Waals surface area contributed by atoms with E-state index >= 15 is 0 Å². The Morgan fingerprint density at radius 2 is 2.22 bits per heavy atom. The number of aryl methyl sites for hydroxylation is 2. The van der Waals surface area contributed by atoms with Gasteiger partial charge in [0.25, 0.3) is 0 Å². The average molecular weight is 317 g/mol. The number of ether oxygens (including phenoxy) is 2. The first kappa shape index (κ1) is 14.9. The van der Waals surface area contributed by atoms with Crippen molar-refractivity contribution in [3.8, 4) is 0 Å². The summed E-state index contributed by atoms with van der Waals surface area (Å²) in [7, 11) is 0. The molecule has 23 heavy (non-hydrogen) atoms. The van der Waals surface area contributed by atoms with E-state index < -0.39 is 0 Å². The maximum atomic E-state index is 5.88. The van der Waals surface area contributed by atoms with Crippen LogP contribution in [0.3, 0.4) is 0 Å². The van der Waals surface area contributed by atoms with Crippen molar-refractivity contribution in [3.05, 3.63) is 34.5 Å². The lowest BCUT2D eigenvalue weighted by Gasteiger charge is -2.21. The van der Waals surface area contributed by atoms with Gasteiger partial charge in [-0.1, -0.05) is 5.16 Å². The third-order valence-corrected chi connectivity index (χ3v) is 4.70. The van der Waals surface area contributed by atoms with Gasteiger partial charge >= 0.3 is 0 Å². The van der Waals surface area contributed by atoms with E-state index in [1.807, 2.05) is 13.8 Å². The zero-order valence-electron chi connectivity index (χ0n) is 13.7. The predicted octanol–water partition coefficient (Wildman–Crippen LogP) is 2.73. The largest absolute Gasteiger partial charge is 0.373 e. The number of aromatic nitrogens is 3. The molecule has 2 aliphatic rings. The molecule has 1 fully saturated rings. The van der Waals surface area contributed by atoms with Gasteiger partial charge in [-0.15, -0.1) is 0 Å². The molecule has 0 radical (unpaired) electrons. The summed E-state index contributed by atoms with van der Waals surface area (Å²) in [5.41, 5.74) is 4.28. The first-order chi connectivity index (χ1) is 11.2. The van der Waals surface area contributed by atoms with E-state index in [1.54, 1.807) is 0 Å². The van der Waals surface area contributed by atoms with Crippen LogP contribution in [-0.4, -0.2) is 28.2 Å². The topological polar surface area (TPSA) is 62.3 Å². The lowest BCUT2D eigenvalue weighted by atomic mass is 10.1.